The van der Waals surface area contributed by atoms with Crippen LogP contribution in [-0.4, -0.2) is 9.55 Å². The van der Waals surface area contributed by atoms with E-state index in [0.29, 0.717) is 5.89 Å². The molecule has 0 saturated heterocycles. The molecule has 0 amide bonds. The van der Waals surface area contributed by atoms with Crippen LogP contribution in [0.2, 0.25) is 0 Å². The van der Waals surface area contributed by atoms with Crippen LogP contribution in [-0.2, 0) is 0 Å². The number of fused-ring (bicyclic) bond motifs is 7. The van der Waals surface area contributed by atoms with Crippen molar-refractivity contribution in [2.24, 2.45) is 0 Å². The van der Waals surface area contributed by atoms with Gasteiger partial charge in [0.15, 0.2) is 5.58 Å². The van der Waals surface area contributed by atoms with E-state index in [1.165, 1.54) is 21.8 Å². The van der Waals surface area contributed by atoms with Gasteiger partial charge in [0, 0.05) is 62.0 Å². The molecule has 0 aliphatic carbocycles. The van der Waals surface area contributed by atoms with E-state index in [4.69, 9.17) is 13.8 Å². The Morgan fingerprint density at radius 2 is 1.10 bits per heavy atom. The third-order valence-electron chi connectivity index (χ3n) is 9.19. The van der Waals surface area contributed by atoms with Crippen LogP contribution in [0.15, 0.2) is 173 Å². The minimum Gasteiger partial charge on any atom is -0.456 e. The second-order valence-electron chi connectivity index (χ2n) is 12.0. The molecule has 5 heteroatoms. The van der Waals surface area contributed by atoms with Gasteiger partial charge in [0.05, 0.1) is 11.0 Å². The molecule has 0 atom stereocenters. The molecule has 48 heavy (non-hydrogen) atoms. The number of aromatic nitrogens is 2. The summed E-state index contributed by atoms with van der Waals surface area (Å²) in [6.45, 7) is 0. The molecule has 5 nitrogen and oxygen atoms in total. The van der Waals surface area contributed by atoms with E-state index in [9.17, 15) is 0 Å². The van der Waals surface area contributed by atoms with Crippen LogP contribution in [0.25, 0.3) is 72.0 Å². The van der Waals surface area contributed by atoms with Crippen LogP contribution in [0, 0.1) is 0 Å². The molecule has 7 aromatic carbocycles. The molecular formula is C43H27N3O2. The molecule has 0 aliphatic rings. The molecule has 0 unspecified atom stereocenters. The van der Waals surface area contributed by atoms with Crippen LogP contribution in [0.3, 0.4) is 0 Å². The smallest absolute Gasteiger partial charge is 0.227 e. The first-order chi connectivity index (χ1) is 23.8. The highest BCUT2D eigenvalue weighted by atomic mass is 16.4. The van der Waals surface area contributed by atoms with Crippen LogP contribution in [0.1, 0.15) is 0 Å². The number of benzene rings is 7. The predicted octanol–water partition coefficient (Wildman–Crippen LogP) is 12.0. The van der Waals surface area contributed by atoms with Gasteiger partial charge in [-0.3, -0.25) is 0 Å². The number of furan rings is 1. The van der Waals surface area contributed by atoms with E-state index in [1.54, 1.807) is 0 Å². The fourth-order valence-corrected chi connectivity index (χ4v) is 7.01. The second kappa shape index (κ2) is 10.5. The van der Waals surface area contributed by atoms with Crippen molar-refractivity contribution in [3.63, 3.8) is 0 Å². The molecule has 3 heterocycles. The lowest BCUT2D eigenvalue weighted by Gasteiger charge is -2.25. The molecular weight excluding hydrogens is 590 g/mol. The zero-order valence-electron chi connectivity index (χ0n) is 25.7. The first-order valence-corrected chi connectivity index (χ1v) is 16.0. The Morgan fingerprint density at radius 3 is 1.94 bits per heavy atom. The molecule has 226 valence electrons. The Balaban J connectivity index is 1.13. The standard InChI is InChI=1S/C43H27N3O2/c1-4-12-28(13-5-1)43-44-37-27-41-36(26-42(37)48-43)34-22-20-32(25-40(34)47-41)45(29-14-6-2-7-15-29)31-21-23-39-35(24-31)33-18-10-11-19-38(33)46(39)30-16-8-3-9-17-30/h1-27H. The molecule has 10 rings (SSSR count). The summed E-state index contributed by atoms with van der Waals surface area (Å²) in [5.74, 6) is 0.604. The van der Waals surface area contributed by atoms with Crippen molar-refractivity contribution in [2.75, 3.05) is 4.90 Å². The maximum Gasteiger partial charge on any atom is 0.227 e. The molecule has 0 radical (unpaired) electrons. The average molecular weight is 618 g/mol. The average Bonchev–Trinajstić information content (AvgIpc) is 3.83. The molecule has 0 bridgehead atoms. The van der Waals surface area contributed by atoms with E-state index in [-0.39, 0.29) is 0 Å². The highest BCUT2D eigenvalue weighted by Crippen LogP contribution is 2.42. The van der Waals surface area contributed by atoms with Crippen molar-refractivity contribution >= 4 is 71.9 Å². The summed E-state index contributed by atoms with van der Waals surface area (Å²) in [4.78, 5) is 7.05. The Morgan fingerprint density at radius 1 is 0.438 bits per heavy atom. The van der Waals surface area contributed by atoms with Crippen molar-refractivity contribution in [2.45, 2.75) is 0 Å². The molecule has 3 aromatic heterocycles. The lowest BCUT2D eigenvalue weighted by Crippen LogP contribution is -2.09. The first-order valence-electron chi connectivity index (χ1n) is 16.0. The Kier molecular flexibility index (Phi) is 5.81. The fraction of sp³-hybridized carbons (Fsp3) is 0. The Hall–Kier alpha value is -6.59. The first kappa shape index (κ1) is 26.6. The van der Waals surface area contributed by atoms with Crippen LogP contribution < -0.4 is 4.90 Å². The van der Waals surface area contributed by atoms with Crippen LogP contribution in [0.4, 0.5) is 17.1 Å². The topological polar surface area (TPSA) is 47.3 Å². The summed E-state index contributed by atoms with van der Waals surface area (Å²) in [7, 11) is 0. The van der Waals surface area contributed by atoms with E-state index in [2.05, 4.69) is 125 Å². The molecule has 0 saturated carbocycles. The van der Waals surface area contributed by atoms with Crippen LogP contribution >= 0.6 is 0 Å². The van der Waals surface area contributed by atoms with Gasteiger partial charge < -0.3 is 18.3 Å². The number of hydrogen-bond donors (Lipinski definition) is 0. The van der Waals surface area contributed by atoms with Gasteiger partial charge in [-0.15, -0.1) is 0 Å². The normalized spacial score (nSPS) is 11.8. The summed E-state index contributed by atoms with van der Waals surface area (Å²) in [5, 5.41) is 4.44. The zero-order chi connectivity index (χ0) is 31.6. The van der Waals surface area contributed by atoms with Crippen molar-refractivity contribution in [1.82, 2.24) is 9.55 Å². The number of anilines is 3. The number of nitrogens with zero attached hydrogens (tertiary/aromatic N) is 3. The fourth-order valence-electron chi connectivity index (χ4n) is 7.01. The van der Waals surface area contributed by atoms with E-state index in [1.807, 2.05) is 48.5 Å². The minimum absolute atomic E-state index is 0.604. The maximum atomic E-state index is 6.51. The molecule has 10 aromatic rings. The molecule has 0 aliphatic heterocycles. The monoisotopic (exact) mass is 617 g/mol. The summed E-state index contributed by atoms with van der Waals surface area (Å²) in [5.41, 5.74) is 10.7. The SMILES string of the molecule is c1ccc(-c2nc3cc4oc5cc(N(c6ccccc6)c6ccc7c(c6)c6ccccc6n7-c6ccccc6)ccc5c4cc3o2)cc1. The quantitative estimate of drug-likeness (QED) is 0.193. The van der Waals surface area contributed by atoms with Crippen molar-refractivity contribution in [3.8, 4) is 17.1 Å². The highest BCUT2D eigenvalue weighted by molar-refractivity contribution is 6.12. The molecule has 0 spiro atoms. The van der Waals surface area contributed by atoms with Gasteiger partial charge in [-0.05, 0) is 78.9 Å². The van der Waals surface area contributed by atoms with E-state index in [0.717, 1.165) is 61.4 Å². The Bertz CT molecular complexity index is 2780. The second-order valence-corrected chi connectivity index (χ2v) is 12.0. The van der Waals surface area contributed by atoms with Crippen LogP contribution in [0.5, 0.6) is 0 Å². The summed E-state index contributed by atoms with van der Waals surface area (Å²) >= 11 is 0. The van der Waals surface area contributed by atoms with Gasteiger partial charge in [-0.1, -0.05) is 72.8 Å². The zero-order valence-corrected chi connectivity index (χ0v) is 25.7. The third kappa shape index (κ3) is 4.15. The number of rotatable bonds is 5. The van der Waals surface area contributed by atoms with E-state index >= 15 is 0 Å². The van der Waals surface area contributed by atoms with Gasteiger partial charge in [0.25, 0.3) is 0 Å². The minimum atomic E-state index is 0.604. The number of para-hydroxylation sites is 3. The van der Waals surface area contributed by atoms with Gasteiger partial charge >= 0.3 is 0 Å². The Labute approximate surface area is 275 Å². The van der Waals surface area contributed by atoms with Gasteiger partial charge in [-0.25, -0.2) is 4.98 Å². The summed E-state index contributed by atoms with van der Waals surface area (Å²) in [6, 6.07) is 56.9. The number of oxazole rings is 1. The van der Waals surface area contributed by atoms with E-state index < -0.39 is 0 Å². The van der Waals surface area contributed by atoms with Gasteiger partial charge in [-0.2, -0.15) is 0 Å². The lowest BCUT2D eigenvalue weighted by molar-refractivity contribution is 0.620. The largest absolute Gasteiger partial charge is 0.456 e. The molecule has 0 fully saturated rings. The number of hydrogen-bond acceptors (Lipinski definition) is 4. The summed E-state index contributed by atoms with van der Waals surface area (Å²) in [6.07, 6.45) is 0. The molecule has 0 N–H and O–H groups in total. The van der Waals surface area contributed by atoms with Crippen molar-refractivity contribution < 1.29 is 8.83 Å². The van der Waals surface area contributed by atoms with Crippen molar-refractivity contribution in [3.05, 3.63) is 164 Å². The third-order valence-corrected chi connectivity index (χ3v) is 9.19. The highest BCUT2D eigenvalue weighted by Gasteiger charge is 2.19. The van der Waals surface area contributed by atoms with Gasteiger partial charge in [0.1, 0.15) is 16.7 Å². The van der Waals surface area contributed by atoms with Crippen molar-refractivity contribution in [1.29, 1.82) is 0 Å². The predicted molar refractivity (Wildman–Crippen MR) is 196 cm³/mol. The summed E-state index contributed by atoms with van der Waals surface area (Å²) < 4.78 is 15.0. The van der Waals surface area contributed by atoms with Gasteiger partial charge in [0.2, 0.25) is 5.89 Å². The maximum absolute atomic E-state index is 6.51. The lowest BCUT2D eigenvalue weighted by atomic mass is 10.1.